The van der Waals surface area contributed by atoms with Crippen molar-refractivity contribution < 1.29 is 17.9 Å². The number of morpholine rings is 1. The van der Waals surface area contributed by atoms with Gasteiger partial charge in [-0.2, -0.15) is 13.2 Å². The predicted molar refractivity (Wildman–Crippen MR) is 81.2 cm³/mol. The number of aromatic nitrogens is 1. The second-order valence-corrected chi connectivity index (χ2v) is 5.65. The summed E-state index contributed by atoms with van der Waals surface area (Å²) in [7, 11) is 0. The lowest BCUT2D eigenvalue weighted by molar-refractivity contribution is -0.137. The van der Waals surface area contributed by atoms with Gasteiger partial charge in [0, 0.05) is 19.3 Å². The van der Waals surface area contributed by atoms with Crippen molar-refractivity contribution >= 4 is 5.82 Å². The molecule has 0 saturated carbocycles. The molecule has 0 N–H and O–H groups in total. The first-order chi connectivity index (χ1) is 10.9. The van der Waals surface area contributed by atoms with Gasteiger partial charge in [0.05, 0.1) is 11.7 Å². The number of alkyl halides is 3. The van der Waals surface area contributed by atoms with Gasteiger partial charge in [-0.1, -0.05) is 30.3 Å². The molecule has 1 saturated heterocycles. The van der Waals surface area contributed by atoms with Crippen LogP contribution in [0.4, 0.5) is 19.0 Å². The molecule has 0 spiro atoms. The maximum atomic E-state index is 12.6. The molecule has 0 aliphatic carbocycles. The smallest absolute Gasteiger partial charge is 0.367 e. The van der Waals surface area contributed by atoms with Crippen LogP contribution < -0.4 is 4.90 Å². The summed E-state index contributed by atoms with van der Waals surface area (Å²) in [4.78, 5) is 5.95. The van der Waals surface area contributed by atoms with Gasteiger partial charge < -0.3 is 9.64 Å². The molecule has 2 aromatic rings. The van der Waals surface area contributed by atoms with E-state index in [0.717, 1.165) is 17.8 Å². The molecule has 2 atom stereocenters. The molecular formula is C17H17F3N2O. The third-order valence-corrected chi connectivity index (χ3v) is 3.83. The molecule has 0 radical (unpaired) electrons. The van der Waals surface area contributed by atoms with Gasteiger partial charge in [0.25, 0.3) is 0 Å². The SMILES string of the molecule is CC1CN(c2ccc(C(F)(F)F)cn2)CC(c2ccccc2)O1. The average Bonchev–Trinajstić information content (AvgIpc) is 2.54. The minimum absolute atomic E-state index is 0.0296. The monoisotopic (exact) mass is 322 g/mol. The quantitative estimate of drug-likeness (QED) is 0.833. The Labute approximate surface area is 132 Å². The molecule has 1 aliphatic heterocycles. The van der Waals surface area contributed by atoms with Crippen LogP contribution in [0.3, 0.4) is 0 Å². The zero-order valence-corrected chi connectivity index (χ0v) is 12.6. The van der Waals surface area contributed by atoms with E-state index in [1.807, 2.05) is 42.2 Å². The Morgan fingerprint density at radius 2 is 1.83 bits per heavy atom. The van der Waals surface area contributed by atoms with Crippen LogP contribution >= 0.6 is 0 Å². The summed E-state index contributed by atoms with van der Waals surface area (Å²) in [5, 5.41) is 0. The van der Waals surface area contributed by atoms with Crippen molar-refractivity contribution in [1.82, 2.24) is 4.98 Å². The molecule has 2 unspecified atom stereocenters. The van der Waals surface area contributed by atoms with Gasteiger partial charge in [-0.3, -0.25) is 0 Å². The molecule has 3 nitrogen and oxygen atoms in total. The lowest BCUT2D eigenvalue weighted by Gasteiger charge is -2.37. The number of halogens is 3. The van der Waals surface area contributed by atoms with Crippen LogP contribution in [-0.2, 0) is 10.9 Å². The fourth-order valence-corrected chi connectivity index (χ4v) is 2.73. The number of rotatable bonds is 2. The van der Waals surface area contributed by atoms with Crippen LogP contribution in [0.1, 0.15) is 24.2 Å². The van der Waals surface area contributed by atoms with E-state index in [2.05, 4.69) is 4.98 Å². The topological polar surface area (TPSA) is 25.4 Å². The molecular weight excluding hydrogens is 305 g/mol. The summed E-state index contributed by atoms with van der Waals surface area (Å²) < 4.78 is 43.9. The Hall–Kier alpha value is -2.08. The zero-order chi connectivity index (χ0) is 16.4. The molecule has 6 heteroatoms. The van der Waals surface area contributed by atoms with E-state index in [9.17, 15) is 13.2 Å². The first kappa shape index (κ1) is 15.8. The number of ether oxygens (including phenoxy) is 1. The lowest BCUT2D eigenvalue weighted by atomic mass is 10.1. The van der Waals surface area contributed by atoms with Crippen LogP contribution in [0.15, 0.2) is 48.7 Å². The summed E-state index contributed by atoms with van der Waals surface area (Å²) >= 11 is 0. The zero-order valence-electron chi connectivity index (χ0n) is 12.6. The van der Waals surface area contributed by atoms with Gasteiger partial charge in [0.1, 0.15) is 11.9 Å². The molecule has 2 heterocycles. The van der Waals surface area contributed by atoms with Gasteiger partial charge in [-0.05, 0) is 24.6 Å². The van der Waals surface area contributed by atoms with Gasteiger partial charge in [0.2, 0.25) is 0 Å². The number of nitrogens with zero attached hydrogens (tertiary/aromatic N) is 2. The van der Waals surface area contributed by atoms with Crippen LogP contribution in [-0.4, -0.2) is 24.2 Å². The van der Waals surface area contributed by atoms with Gasteiger partial charge in [0.15, 0.2) is 0 Å². The Balaban J connectivity index is 1.79. The molecule has 1 aromatic carbocycles. The minimum Gasteiger partial charge on any atom is -0.367 e. The maximum absolute atomic E-state index is 12.6. The summed E-state index contributed by atoms with van der Waals surface area (Å²) in [6.07, 6.45) is -3.63. The first-order valence-electron chi connectivity index (χ1n) is 7.42. The fourth-order valence-electron chi connectivity index (χ4n) is 2.73. The highest BCUT2D eigenvalue weighted by Gasteiger charge is 2.32. The lowest BCUT2D eigenvalue weighted by Crippen LogP contribution is -2.43. The molecule has 1 fully saturated rings. The number of hydrogen-bond acceptors (Lipinski definition) is 3. The van der Waals surface area contributed by atoms with E-state index in [1.54, 1.807) is 0 Å². The highest BCUT2D eigenvalue weighted by atomic mass is 19.4. The van der Waals surface area contributed by atoms with Gasteiger partial charge >= 0.3 is 6.18 Å². The molecule has 0 amide bonds. The number of anilines is 1. The predicted octanol–water partition coefficient (Wildman–Crippen LogP) is 4.07. The van der Waals surface area contributed by atoms with Crippen molar-refractivity contribution in [2.45, 2.75) is 25.3 Å². The van der Waals surface area contributed by atoms with Crippen molar-refractivity contribution in [1.29, 1.82) is 0 Å². The van der Waals surface area contributed by atoms with Crippen LogP contribution in [0.2, 0.25) is 0 Å². The normalized spacial score (nSPS) is 22.2. The van der Waals surface area contributed by atoms with E-state index >= 15 is 0 Å². The first-order valence-corrected chi connectivity index (χ1v) is 7.42. The van der Waals surface area contributed by atoms with Crippen molar-refractivity contribution in [2.75, 3.05) is 18.0 Å². The fraction of sp³-hybridized carbons (Fsp3) is 0.353. The summed E-state index contributed by atoms with van der Waals surface area (Å²) in [5.41, 5.74) is 0.318. The van der Waals surface area contributed by atoms with Gasteiger partial charge in [-0.25, -0.2) is 4.98 Å². The molecule has 1 aliphatic rings. The number of pyridine rings is 1. The Morgan fingerprint density at radius 1 is 1.09 bits per heavy atom. The summed E-state index contributed by atoms with van der Waals surface area (Å²) in [6, 6.07) is 12.3. The van der Waals surface area contributed by atoms with E-state index in [4.69, 9.17) is 4.74 Å². The van der Waals surface area contributed by atoms with E-state index in [0.29, 0.717) is 18.9 Å². The van der Waals surface area contributed by atoms with E-state index < -0.39 is 11.7 Å². The summed E-state index contributed by atoms with van der Waals surface area (Å²) in [6.45, 7) is 3.11. The highest BCUT2D eigenvalue weighted by molar-refractivity contribution is 5.41. The van der Waals surface area contributed by atoms with Crippen molar-refractivity contribution in [3.8, 4) is 0 Å². The Kier molecular flexibility index (Phi) is 4.26. The molecule has 122 valence electrons. The minimum atomic E-state index is -4.36. The van der Waals surface area contributed by atoms with Crippen molar-refractivity contribution in [2.24, 2.45) is 0 Å². The van der Waals surface area contributed by atoms with Crippen LogP contribution in [0, 0.1) is 0 Å². The van der Waals surface area contributed by atoms with Crippen molar-refractivity contribution in [3.63, 3.8) is 0 Å². The average molecular weight is 322 g/mol. The second-order valence-electron chi connectivity index (χ2n) is 5.65. The van der Waals surface area contributed by atoms with Crippen LogP contribution in [0.5, 0.6) is 0 Å². The Bertz CT molecular complexity index is 643. The van der Waals surface area contributed by atoms with Crippen molar-refractivity contribution in [3.05, 3.63) is 59.8 Å². The maximum Gasteiger partial charge on any atom is 0.417 e. The number of benzene rings is 1. The molecule has 3 rings (SSSR count). The van der Waals surface area contributed by atoms with Crippen LogP contribution in [0.25, 0.3) is 0 Å². The molecule has 23 heavy (non-hydrogen) atoms. The molecule has 0 bridgehead atoms. The largest absolute Gasteiger partial charge is 0.417 e. The standard InChI is InChI=1S/C17H17F3N2O/c1-12-10-22(11-15(23-12)13-5-3-2-4-6-13)16-8-7-14(9-21-16)17(18,19)20/h2-9,12,15H,10-11H2,1H3. The number of hydrogen-bond donors (Lipinski definition) is 0. The second kappa shape index (κ2) is 6.20. The summed E-state index contributed by atoms with van der Waals surface area (Å²) in [5.74, 6) is 0.536. The van der Waals surface area contributed by atoms with E-state index in [1.165, 1.54) is 6.07 Å². The highest BCUT2D eigenvalue weighted by Crippen LogP contribution is 2.31. The molecule has 1 aromatic heterocycles. The van der Waals surface area contributed by atoms with Gasteiger partial charge in [-0.15, -0.1) is 0 Å². The third kappa shape index (κ3) is 3.64. The Morgan fingerprint density at radius 3 is 2.43 bits per heavy atom. The third-order valence-electron chi connectivity index (χ3n) is 3.83. The van der Waals surface area contributed by atoms with E-state index in [-0.39, 0.29) is 12.2 Å².